The molecule has 0 radical (unpaired) electrons. The number of amides is 2. The van der Waals surface area contributed by atoms with Crippen molar-refractivity contribution in [3.63, 3.8) is 0 Å². The third-order valence-corrected chi connectivity index (χ3v) is 3.32. The molecule has 0 aliphatic rings. The number of benzene rings is 1. The zero-order valence-corrected chi connectivity index (χ0v) is 12.4. The summed E-state index contributed by atoms with van der Waals surface area (Å²) in [6.07, 6.45) is 3.30. The summed E-state index contributed by atoms with van der Waals surface area (Å²) >= 11 is 3.23. The van der Waals surface area contributed by atoms with Gasteiger partial charge in [-0.05, 0) is 51.8 Å². The van der Waals surface area contributed by atoms with Crippen LogP contribution in [0.3, 0.4) is 0 Å². The van der Waals surface area contributed by atoms with Gasteiger partial charge in [0.15, 0.2) is 0 Å². The van der Waals surface area contributed by atoms with Gasteiger partial charge in [-0.1, -0.05) is 0 Å². The van der Waals surface area contributed by atoms with Gasteiger partial charge in [0.2, 0.25) is 0 Å². The minimum absolute atomic E-state index is 0.143. The fourth-order valence-electron chi connectivity index (χ4n) is 1.60. The fraction of sp³-hybridized carbons (Fsp3) is 0.0714. The van der Waals surface area contributed by atoms with Gasteiger partial charge in [-0.15, -0.1) is 0 Å². The van der Waals surface area contributed by atoms with Crippen LogP contribution in [-0.4, -0.2) is 22.1 Å². The number of halogens is 1. The number of carbonyl (C=O) groups excluding carboxylic acids is 1. The minimum Gasteiger partial charge on any atom is -0.478 e. The first-order valence-electron chi connectivity index (χ1n) is 6.03. The zero-order chi connectivity index (χ0) is 15.2. The minimum atomic E-state index is -1.02. The number of hydrogen-bond donors (Lipinski definition) is 3. The van der Waals surface area contributed by atoms with E-state index in [2.05, 4.69) is 31.5 Å². The van der Waals surface area contributed by atoms with Crippen LogP contribution in [0, 0.1) is 0 Å². The Hall–Kier alpha value is -2.41. The maximum absolute atomic E-state index is 11.8. The van der Waals surface area contributed by atoms with Crippen molar-refractivity contribution in [2.45, 2.75) is 6.54 Å². The third kappa shape index (κ3) is 4.28. The van der Waals surface area contributed by atoms with Crippen LogP contribution in [0.25, 0.3) is 0 Å². The number of rotatable bonds is 4. The Labute approximate surface area is 129 Å². The van der Waals surface area contributed by atoms with Gasteiger partial charge in [0, 0.05) is 23.4 Å². The molecule has 0 aliphatic carbocycles. The smallest absolute Gasteiger partial charge is 0.335 e. The largest absolute Gasteiger partial charge is 0.478 e. The summed E-state index contributed by atoms with van der Waals surface area (Å²) in [7, 11) is 0. The number of aromatic nitrogens is 1. The Morgan fingerprint density at radius 1 is 1.19 bits per heavy atom. The standard InChI is InChI=1S/C14H12BrN3O3/c15-11-7-10(13(19)20)1-2-12(11)18-14(21)17-8-9-3-5-16-6-4-9/h1-7H,8H2,(H,19,20)(H2,17,18,21). The van der Waals surface area contributed by atoms with Crippen molar-refractivity contribution in [3.05, 3.63) is 58.3 Å². The van der Waals surface area contributed by atoms with E-state index in [4.69, 9.17) is 5.11 Å². The molecule has 0 fully saturated rings. The molecule has 6 nitrogen and oxygen atoms in total. The highest BCUT2D eigenvalue weighted by Crippen LogP contribution is 2.23. The molecule has 3 N–H and O–H groups in total. The van der Waals surface area contributed by atoms with E-state index in [1.807, 2.05) is 0 Å². The summed E-state index contributed by atoms with van der Waals surface area (Å²) in [6.45, 7) is 0.374. The van der Waals surface area contributed by atoms with Crippen LogP contribution in [0.15, 0.2) is 47.2 Å². The van der Waals surface area contributed by atoms with Crippen LogP contribution in [0.4, 0.5) is 10.5 Å². The summed E-state index contributed by atoms with van der Waals surface area (Å²) in [5.41, 5.74) is 1.57. The third-order valence-electron chi connectivity index (χ3n) is 2.67. The van der Waals surface area contributed by atoms with Crippen LogP contribution < -0.4 is 10.6 Å². The highest BCUT2D eigenvalue weighted by molar-refractivity contribution is 9.10. The number of nitrogens with zero attached hydrogens (tertiary/aromatic N) is 1. The van der Waals surface area contributed by atoms with Gasteiger partial charge in [0.1, 0.15) is 0 Å². The van der Waals surface area contributed by atoms with E-state index in [1.54, 1.807) is 24.5 Å². The van der Waals surface area contributed by atoms with Crippen molar-refractivity contribution in [1.82, 2.24) is 10.3 Å². The molecule has 0 bridgehead atoms. The number of aromatic carboxylic acids is 1. The van der Waals surface area contributed by atoms with Crippen molar-refractivity contribution < 1.29 is 14.7 Å². The number of urea groups is 1. The van der Waals surface area contributed by atoms with Crippen molar-refractivity contribution in [1.29, 1.82) is 0 Å². The van der Waals surface area contributed by atoms with Crippen LogP contribution in [0.1, 0.15) is 15.9 Å². The summed E-state index contributed by atoms with van der Waals surface area (Å²) in [5.74, 6) is -1.02. The second-order valence-corrected chi connectivity index (χ2v) is 5.02. The first-order valence-corrected chi connectivity index (χ1v) is 6.82. The molecule has 0 saturated carbocycles. The number of pyridine rings is 1. The van der Waals surface area contributed by atoms with Crippen molar-refractivity contribution >= 4 is 33.6 Å². The van der Waals surface area contributed by atoms with E-state index >= 15 is 0 Å². The van der Waals surface area contributed by atoms with Crippen LogP contribution in [-0.2, 0) is 6.54 Å². The molecule has 0 aliphatic heterocycles. The molecular weight excluding hydrogens is 338 g/mol. The maximum Gasteiger partial charge on any atom is 0.335 e. The molecule has 2 rings (SSSR count). The second-order valence-electron chi connectivity index (χ2n) is 4.16. The van der Waals surface area contributed by atoms with Crippen molar-refractivity contribution in [2.75, 3.05) is 5.32 Å². The Morgan fingerprint density at radius 3 is 2.52 bits per heavy atom. The molecule has 0 atom stereocenters. The predicted molar refractivity (Wildman–Crippen MR) is 81.2 cm³/mol. The Morgan fingerprint density at radius 2 is 1.90 bits per heavy atom. The molecule has 21 heavy (non-hydrogen) atoms. The normalized spacial score (nSPS) is 9.95. The molecule has 0 unspecified atom stereocenters. The quantitative estimate of drug-likeness (QED) is 0.791. The van der Waals surface area contributed by atoms with Gasteiger partial charge in [-0.25, -0.2) is 9.59 Å². The molecule has 108 valence electrons. The lowest BCUT2D eigenvalue weighted by Gasteiger charge is -2.09. The molecule has 0 spiro atoms. The number of nitrogens with one attached hydrogen (secondary N) is 2. The van der Waals surface area contributed by atoms with Gasteiger partial charge in [0.25, 0.3) is 0 Å². The van der Waals surface area contributed by atoms with Gasteiger partial charge >= 0.3 is 12.0 Å². The van der Waals surface area contributed by atoms with E-state index < -0.39 is 5.97 Å². The van der Waals surface area contributed by atoms with Gasteiger partial charge in [0.05, 0.1) is 11.3 Å². The average molecular weight is 350 g/mol. The topological polar surface area (TPSA) is 91.3 Å². The molecule has 1 aromatic carbocycles. The molecular formula is C14H12BrN3O3. The van der Waals surface area contributed by atoms with Crippen molar-refractivity contribution in [2.24, 2.45) is 0 Å². The first-order chi connectivity index (χ1) is 10.1. The number of carboxylic acid groups (broad SMARTS) is 1. The molecule has 7 heteroatoms. The molecule has 1 aromatic heterocycles. The summed E-state index contributed by atoms with van der Waals surface area (Å²) in [5, 5.41) is 14.2. The SMILES string of the molecule is O=C(NCc1ccncc1)Nc1ccc(C(=O)O)cc1Br. The summed E-state index contributed by atoms with van der Waals surface area (Å²) < 4.78 is 0.501. The van der Waals surface area contributed by atoms with Gasteiger partial charge in [-0.3, -0.25) is 4.98 Å². The highest BCUT2D eigenvalue weighted by atomic mass is 79.9. The number of hydrogen-bond acceptors (Lipinski definition) is 3. The monoisotopic (exact) mass is 349 g/mol. The van der Waals surface area contributed by atoms with Gasteiger partial charge in [-0.2, -0.15) is 0 Å². The van der Waals surface area contributed by atoms with E-state index in [9.17, 15) is 9.59 Å². The maximum atomic E-state index is 11.8. The van der Waals surface area contributed by atoms with Gasteiger partial charge < -0.3 is 15.7 Å². The van der Waals surface area contributed by atoms with Crippen molar-refractivity contribution in [3.8, 4) is 0 Å². The molecule has 0 saturated heterocycles. The summed E-state index contributed by atoms with van der Waals surface area (Å²) in [6, 6.07) is 7.61. The Bertz CT molecular complexity index is 662. The fourth-order valence-corrected chi connectivity index (χ4v) is 2.08. The van der Waals surface area contributed by atoms with E-state index in [0.29, 0.717) is 16.7 Å². The average Bonchev–Trinajstić information content (AvgIpc) is 2.48. The second kappa shape index (κ2) is 6.85. The zero-order valence-electron chi connectivity index (χ0n) is 10.8. The van der Waals surface area contributed by atoms with E-state index in [0.717, 1.165) is 5.56 Å². The Kier molecular flexibility index (Phi) is 4.89. The lowest BCUT2D eigenvalue weighted by Crippen LogP contribution is -2.28. The van der Waals surface area contributed by atoms with Crippen LogP contribution in [0.2, 0.25) is 0 Å². The van der Waals surface area contributed by atoms with Crippen LogP contribution >= 0.6 is 15.9 Å². The number of anilines is 1. The number of carbonyl (C=O) groups is 2. The van der Waals surface area contributed by atoms with Crippen LogP contribution in [0.5, 0.6) is 0 Å². The van der Waals surface area contributed by atoms with E-state index in [-0.39, 0.29) is 11.6 Å². The lowest BCUT2D eigenvalue weighted by atomic mass is 10.2. The lowest BCUT2D eigenvalue weighted by molar-refractivity contribution is 0.0697. The number of carboxylic acids is 1. The molecule has 2 amide bonds. The van der Waals surface area contributed by atoms with E-state index in [1.165, 1.54) is 18.2 Å². The summed E-state index contributed by atoms with van der Waals surface area (Å²) in [4.78, 5) is 26.5. The molecule has 1 heterocycles. The highest BCUT2D eigenvalue weighted by Gasteiger charge is 2.09. The Balaban J connectivity index is 1.95. The predicted octanol–water partition coefficient (Wildman–Crippen LogP) is 2.86. The first kappa shape index (κ1) is 15.0. The molecule has 2 aromatic rings.